The molecular formula is C17H19N5O. The van der Waals surface area contributed by atoms with Crippen LogP contribution in [0.4, 0.5) is 5.95 Å². The van der Waals surface area contributed by atoms with Crippen LogP contribution in [0.3, 0.4) is 0 Å². The Bertz CT molecular complexity index is 767. The molecule has 23 heavy (non-hydrogen) atoms. The van der Waals surface area contributed by atoms with E-state index in [0.29, 0.717) is 19.1 Å². The zero-order valence-electron chi connectivity index (χ0n) is 13.2. The summed E-state index contributed by atoms with van der Waals surface area (Å²) in [6, 6.07) is 16.4. The number of ether oxygens (including phenoxy) is 1. The normalized spacial score (nSPS) is 10.5. The summed E-state index contributed by atoms with van der Waals surface area (Å²) in [6.07, 6.45) is 0. The second-order valence-corrected chi connectivity index (χ2v) is 5.40. The van der Waals surface area contributed by atoms with E-state index >= 15 is 0 Å². The standard InChI is InChI=1S/C17H19N5O/c1-13-6-8-14(9-7-13)12-23-16-5-3-4-15(10-16)11-18-17-19-20-21-22(17)2/h3-10H,11-12H2,1-2H3,(H,18,19,21). The van der Waals surface area contributed by atoms with Gasteiger partial charge in [0.15, 0.2) is 0 Å². The molecule has 3 aromatic rings. The lowest BCUT2D eigenvalue weighted by Gasteiger charge is -2.09. The van der Waals surface area contributed by atoms with Crippen molar-refractivity contribution in [3.63, 3.8) is 0 Å². The highest BCUT2D eigenvalue weighted by Gasteiger charge is 2.02. The number of anilines is 1. The van der Waals surface area contributed by atoms with Crippen molar-refractivity contribution >= 4 is 5.95 Å². The van der Waals surface area contributed by atoms with Crippen molar-refractivity contribution in [1.82, 2.24) is 20.2 Å². The Kier molecular flexibility index (Phi) is 4.52. The molecule has 1 aromatic heterocycles. The summed E-state index contributed by atoms with van der Waals surface area (Å²) in [5, 5.41) is 14.5. The van der Waals surface area contributed by atoms with E-state index in [2.05, 4.69) is 52.0 Å². The quantitative estimate of drug-likeness (QED) is 0.758. The molecule has 0 spiro atoms. The number of tetrazole rings is 1. The Labute approximate surface area is 135 Å². The van der Waals surface area contributed by atoms with Crippen molar-refractivity contribution in [3.8, 4) is 5.75 Å². The number of nitrogens with zero attached hydrogens (tertiary/aromatic N) is 4. The maximum absolute atomic E-state index is 5.86. The maximum Gasteiger partial charge on any atom is 0.242 e. The minimum Gasteiger partial charge on any atom is -0.489 e. The van der Waals surface area contributed by atoms with Gasteiger partial charge in [-0.1, -0.05) is 47.1 Å². The van der Waals surface area contributed by atoms with Gasteiger partial charge in [-0.25, -0.2) is 4.68 Å². The summed E-state index contributed by atoms with van der Waals surface area (Å²) in [7, 11) is 1.80. The number of aryl methyl sites for hydroxylation is 2. The summed E-state index contributed by atoms with van der Waals surface area (Å²) >= 11 is 0. The lowest BCUT2D eigenvalue weighted by Crippen LogP contribution is -2.06. The first-order valence-electron chi connectivity index (χ1n) is 7.44. The van der Waals surface area contributed by atoms with Crippen LogP contribution in [0.1, 0.15) is 16.7 Å². The highest BCUT2D eigenvalue weighted by molar-refractivity contribution is 5.32. The molecule has 0 saturated heterocycles. The van der Waals surface area contributed by atoms with Crippen molar-refractivity contribution in [2.75, 3.05) is 5.32 Å². The van der Waals surface area contributed by atoms with Gasteiger partial charge in [0.05, 0.1) is 0 Å². The van der Waals surface area contributed by atoms with Crippen LogP contribution in [0.15, 0.2) is 48.5 Å². The van der Waals surface area contributed by atoms with Gasteiger partial charge in [-0.3, -0.25) is 0 Å². The molecule has 0 amide bonds. The second kappa shape index (κ2) is 6.91. The van der Waals surface area contributed by atoms with E-state index in [1.807, 2.05) is 24.3 Å². The van der Waals surface area contributed by atoms with E-state index in [1.54, 1.807) is 11.7 Å². The average molecular weight is 309 g/mol. The average Bonchev–Trinajstić information content (AvgIpc) is 2.98. The van der Waals surface area contributed by atoms with Crippen molar-refractivity contribution in [3.05, 3.63) is 65.2 Å². The molecule has 1 N–H and O–H groups in total. The van der Waals surface area contributed by atoms with Gasteiger partial charge >= 0.3 is 0 Å². The molecule has 0 aliphatic heterocycles. The van der Waals surface area contributed by atoms with E-state index in [9.17, 15) is 0 Å². The topological polar surface area (TPSA) is 64.9 Å². The minimum absolute atomic E-state index is 0.560. The van der Waals surface area contributed by atoms with Crippen molar-refractivity contribution in [1.29, 1.82) is 0 Å². The number of hydrogen-bond acceptors (Lipinski definition) is 5. The zero-order chi connectivity index (χ0) is 16.1. The Morgan fingerprint density at radius 1 is 1.09 bits per heavy atom. The molecule has 6 heteroatoms. The third kappa shape index (κ3) is 4.06. The molecule has 0 aliphatic carbocycles. The third-order valence-electron chi connectivity index (χ3n) is 3.50. The lowest BCUT2D eigenvalue weighted by molar-refractivity contribution is 0.306. The first-order chi connectivity index (χ1) is 11.2. The summed E-state index contributed by atoms with van der Waals surface area (Å²) < 4.78 is 7.46. The van der Waals surface area contributed by atoms with Crippen LogP contribution in [0.25, 0.3) is 0 Å². The molecule has 0 aliphatic rings. The Morgan fingerprint density at radius 3 is 2.65 bits per heavy atom. The van der Waals surface area contributed by atoms with Gasteiger partial charge in [0, 0.05) is 13.6 Å². The molecule has 0 saturated carbocycles. The molecule has 0 bridgehead atoms. The summed E-state index contributed by atoms with van der Waals surface area (Å²) in [6.45, 7) is 3.27. The monoisotopic (exact) mass is 309 g/mol. The fourth-order valence-corrected chi connectivity index (χ4v) is 2.16. The fraction of sp³-hybridized carbons (Fsp3) is 0.235. The van der Waals surface area contributed by atoms with Gasteiger partial charge in [-0.2, -0.15) is 0 Å². The predicted octanol–water partition coefficient (Wildman–Crippen LogP) is 2.71. The van der Waals surface area contributed by atoms with E-state index in [0.717, 1.165) is 16.9 Å². The van der Waals surface area contributed by atoms with Gasteiger partial charge in [0.25, 0.3) is 0 Å². The van der Waals surface area contributed by atoms with Crippen molar-refractivity contribution < 1.29 is 4.74 Å². The van der Waals surface area contributed by atoms with Crippen LogP contribution in [-0.4, -0.2) is 20.2 Å². The SMILES string of the molecule is Cc1ccc(COc2cccc(CNc3nnnn3C)c2)cc1. The van der Waals surface area contributed by atoms with Gasteiger partial charge in [-0.05, 0) is 40.6 Å². The van der Waals surface area contributed by atoms with Crippen LogP contribution in [0.5, 0.6) is 5.75 Å². The Morgan fingerprint density at radius 2 is 1.91 bits per heavy atom. The molecular weight excluding hydrogens is 290 g/mol. The minimum atomic E-state index is 0.560. The first kappa shape index (κ1) is 15.0. The van der Waals surface area contributed by atoms with Crippen LogP contribution < -0.4 is 10.1 Å². The smallest absolute Gasteiger partial charge is 0.242 e. The van der Waals surface area contributed by atoms with E-state index in [1.165, 1.54) is 5.56 Å². The Balaban J connectivity index is 1.58. The molecule has 1 heterocycles. The highest BCUT2D eigenvalue weighted by Crippen LogP contribution is 2.16. The molecule has 2 aromatic carbocycles. The number of aromatic nitrogens is 4. The Hall–Kier alpha value is -2.89. The molecule has 118 valence electrons. The van der Waals surface area contributed by atoms with Crippen molar-refractivity contribution in [2.24, 2.45) is 7.05 Å². The predicted molar refractivity (Wildman–Crippen MR) is 88.1 cm³/mol. The lowest BCUT2D eigenvalue weighted by atomic mass is 10.2. The first-order valence-corrected chi connectivity index (χ1v) is 7.44. The molecule has 0 radical (unpaired) electrons. The van der Waals surface area contributed by atoms with Crippen LogP contribution in [0.2, 0.25) is 0 Å². The van der Waals surface area contributed by atoms with Crippen LogP contribution in [-0.2, 0) is 20.2 Å². The largest absolute Gasteiger partial charge is 0.489 e. The van der Waals surface area contributed by atoms with Gasteiger partial charge < -0.3 is 10.1 Å². The van der Waals surface area contributed by atoms with E-state index < -0.39 is 0 Å². The van der Waals surface area contributed by atoms with E-state index in [-0.39, 0.29) is 0 Å². The fourth-order valence-electron chi connectivity index (χ4n) is 2.16. The maximum atomic E-state index is 5.86. The van der Waals surface area contributed by atoms with Crippen LogP contribution >= 0.6 is 0 Å². The molecule has 0 atom stereocenters. The summed E-state index contributed by atoms with van der Waals surface area (Å²) in [5.74, 6) is 1.48. The number of hydrogen-bond donors (Lipinski definition) is 1. The van der Waals surface area contributed by atoms with Gasteiger partial charge in [0.2, 0.25) is 5.95 Å². The van der Waals surface area contributed by atoms with E-state index in [4.69, 9.17) is 4.74 Å². The number of nitrogens with one attached hydrogen (secondary N) is 1. The van der Waals surface area contributed by atoms with Gasteiger partial charge in [0.1, 0.15) is 12.4 Å². The molecule has 3 rings (SSSR count). The molecule has 6 nitrogen and oxygen atoms in total. The molecule has 0 unspecified atom stereocenters. The highest BCUT2D eigenvalue weighted by atomic mass is 16.5. The number of rotatable bonds is 6. The zero-order valence-corrected chi connectivity index (χ0v) is 13.2. The van der Waals surface area contributed by atoms with Gasteiger partial charge in [-0.15, -0.1) is 0 Å². The van der Waals surface area contributed by atoms with Crippen molar-refractivity contribution in [2.45, 2.75) is 20.1 Å². The second-order valence-electron chi connectivity index (χ2n) is 5.40. The third-order valence-corrected chi connectivity index (χ3v) is 3.50. The molecule has 0 fully saturated rings. The van der Waals surface area contributed by atoms with Crippen LogP contribution in [0, 0.1) is 6.92 Å². The summed E-state index contributed by atoms with van der Waals surface area (Å²) in [4.78, 5) is 0. The summed E-state index contributed by atoms with van der Waals surface area (Å²) in [5.41, 5.74) is 3.51. The number of benzene rings is 2.